The number of rotatable bonds is 20. The maximum atomic E-state index is 11.1. The van der Waals surface area contributed by atoms with Gasteiger partial charge in [0.25, 0.3) is 0 Å². The molecule has 0 radical (unpaired) electrons. The van der Waals surface area contributed by atoms with Gasteiger partial charge in [-0.05, 0) is 50.2 Å². The van der Waals surface area contributed by atoms with Crippen LogP contribution in [0.3, 0.4) is 0 Å². The maximum absolute atomic E-state index is 11.1. The van der Waals surface area contributed by atoms with Crippen LogP contribution in [-0.2, 0) is 16.5 Å². The van der Waals surface area contributed by atoms with Crippen molar-refractivity contribution in [2.45, 2.75) is 136 Å². The lowest BCUT2D eigenvalue weighted by Crippen LogP contribution is -2.12. The largest absolute Gasteiger partial charge is 0.744 e. The van der Waals surface area contributed by atoms with Gasteiger partial charge in [-0.15, -0.1) is 0 Å². The Morgan fingerprint density at radius 1 is 0.600 bits per heavy atom. The second-order valence-electron chi connectivity index (χ2n) is 10.2. The van der Waals surface area contributed by atoms with Crippen LogP contribution in [0, 0.1) is 0 Å². The van der Waals surface area contributed by atoms with Crippen LogP contribution < -0.4 is 0 Å². The average Bonchev–Trinajstić information content (AvgIpc) is 2.85. The van der Waals surface area contributed by atoms with Gasteiger partial charge in [0.15, 0.2) is 0 Å². The lowest BCUT2D eigenvalue weighted by molar-refractivity contribution is 0.461. The minimum Gasteiger partial charge on any atom is -0.744 e. The monoisotopic (exact) mass is 528 g/mol. The summed E-state index contributed by atoms with van der Waals surface area (Å²) in [5.74, 6) is 0. The highest BCUT2D eigenvalue weighted by molar-refractivity contribution is 7.85. The quantitative estimate of drug-likeness (QED) is 0.0961. The number of hydrogen-bond donors (Lipinski definition) is 0. The van der Waals surface area contributed by atoms with Crippen LogP contribution in [0.25, 0.3) is 0 Å². The van der Waals surface area contributed by atoms with Crippen molar-refractivity contribution in [2.75, 3.05) is 24.6 Å². The fraction of sp³-hybridized carbons (Fsp3) is 0.800. The Balaban J connectivity index is 0.000000662. The van der Waals surface area contributed by atoms with E-state index in [1.54, 1.807) is 42.8 Å². The molecule has 1 rings (SSSR count). The number of benzene rings is 1. The van der Waals surface area contributed by atoms with Crippen molar-refractivity contribution in [3.05, 3.63) is 29.8 Å². The van der Waals surface area contributed by atoms with Gasteiger partial charge in [-0.1, -0.05) is 111 Å². The molecule has 0 amide bonds. The van der Waals surface area contributed by atoms with E-state index >= 15 is 0 Å². The number of hydrogen-bond acceptors (Lipinski definition) is 3. The van der Waals surface area contributed by atoms with Gasteiger partial charge < -0.3 is 4.55 Å². The van der Waals surface area contributed by atoms with E-state index in [1.807, 2.05) is 0 Å². The molecule has 0 fully saturated rings. The van der Waals surface area contributed by atoms with E-state index in [4.69, 9.17) is 0 Å². The Morgan fingerprint density at radius 2 is 1.00 bits per heavy atom. The van der Waals surface area contributed by atoms with Crippen LogP contribution in [-0.4, -0.2) is 37.6 Å². The smallest absolute Gasteiger partial charge is 0.124 e. The summed E-state index contributed by atoms with van der Waals surface area (Å²) in [6.07, 6.45) is 25.5. The highest BCUT2D eigenvalue weighted by Crippen LogP contribution is 2.61. The molecule has 0 aliphatic carbocycles. The van der Waals surface area contributed by atoms with E-state index in [0.29, 0.717) is 12.0 Å². The summed E-state index contributed by atoms with van der Waals surface area (Å²) < 4.78 is 33.2. The first kappa shape index (κ1) is 34.6. The molecule has 0 saturated heterocycles. The molecule has 3 nitrogen and oxygen atoms in total. The van der Waals surface area contributed by atoms with Crippen LogP contribution in [0.5, 0.6) is 0 Å². The Bertz CT molecular complexity index is 681. The SMILES string of the molecule is CCCCCCCCc1ccccc1S(=O)(=O)[O-].CCCC[P+](CCCC)(CCCC)CCCC. The third-order valence-electron chi connectivity index (χ3n) is 6.99. The first-order valence-electron chi connectivity index (χ1n) is 14.7. The Labute approximate surface area is 220 Å². The predicted molar refractivity (Wildman–Crippen MR) is 158 cm³/mol. The molecule has 206 valence electrons. The second-order valence-corrected chi connectivity index (χ2v) is 16.1. The van der Waals surface area contributed by atoms with Gasteiger partial charge in [0.2, 0.25) is 0 Å². The van der Waals surface area contributed by atoms with E-state index < -0.39 is 17.4 Å². The molecule has 0 aliphatic rings. The van der Waals surface area contributed by atoms with Gasteiger partial charge in [-0.3, -0.25) is 0 Å². The van der Waals surface area contributed by atoms with E-state index in [2.05, 4.69) is 34.6 Å². The number of unbranched alkanes of at least 4 members (excludes halogenated alkanes) is 9. The summed E-state index contributed by atoms with van der Waals surface area (Å²) in [6, 6.07) is 6.50. The molecule has 0 aromatic heterocycles. The first-order chi connectivity index (χ1) is 16.8. The van der Waals surface area contributed by atoms with E-state index in [1.165, 1.54) is 83.1 Å². The summed E-state index contributed by atoms with van der Waals surface area (Å²) >= 11 is 0. The minimum absolute atomic E-state index is 0.0569. The van der Waals surface area contributed by atoms with Crippen molar-refractivity contribution in [1.29, 1.82) is 0 Å². The average molecular weight is 529 g/mol. The molecule has 1 aromatic rings. The minimum atomic E-state index is -4.33. The Morgan fingerprint density at radius 3 is 1.43 bits per heavy atom. The highest BCUT2D eigenvalue weighted by Gasteiger charge is 2.34. The Hall–Kier alpha value is -0.440. The third-order valence-corrected chi connectivity index (χ3v) is 13.0. The summed E-state index contributed by atoms with van der Waals surface area (Å²) in [6.45, 7) is 11.6. The van der Waals surface area contributed by atoms with E-state index in [0.717, 1.165) is 12.8 Å². The van der Waals surface area contributed by atoms with Crippen LogP contribution in [0.1, 0.15) is 130 Å². The standard InChI is InChI=1S/C16H36P.C14H22O3S/c1-5-9-13-17(14-10-6-2,15-11-7-3)16-12-8-4;1-2-3-4-5-6-7-10-13-11-8-9-12-14(13)18(15,16)17/h5-16H2,1-4H3;8-9,11-12H,2-7,10H2,1H3,(H,15,16,17)/q+1;/p-1. The third kappa shape index (κ3) is 16.8. The van der Waals surface area contributed by atoms with Gasteiger partial charge >= 0.3 is 0 Å². The normalized spacial score (nSPS) is 11.8. The van der Waals surface area contributed by atoms with Gasteiger partial charge in [0.05, 0.1) is 29.5 Å². The summed E-state index contributed by atoms with van der Waals surface area (Å²) in [5.41, 5.74) is 0.656. The summed E-state index contributed by atoms with van der Waals surface area (Å²) in [7, 11) is -4.90. The summed E-state index contributed by atoms with van der Waals surface area (Å²) in [4.78, 5) is -0.0569. The molecule has 0 unspecified atom stereocenters. The molecule has 0 heterocycles. The van der Waals surface area contributed by atoms with E-state index in [-0.39, 0.29) is 4.90 Å². The lowest BCUT2D eigenvalue weighted by Gasteiger charge is -2.28. The van der Waals surface area contributed by atoms with E-state index in [9.17, 15) is 13.0 Å². The van der Waals surface area contributed by atoms with Crippen LogP contribution in [0.15, 0.2) is 29.2 Å². The van der Waals surface area contributed by atoms with Crippen molar-refractivity contribution < 1.29 is 13.0 Å². The number of aryl methyl sites for hydroxylation is 1. The van der Waals surface area contributed by atoms with Gasteiger partial charge in [0.1, 0.15) is 10.1 Å². The molecule has 1 aromatic carbocycles. The van der Waals surface area contributed by atoms with Crippen molar-refractivity contribution >= 4 is 17.4 Å². The van der Waals surface area contributed by atoms with Crippen molar-refractivity contribution in [3.8, 4) is 0 Å². The van der Waals surface area contributed by atoms with Crippen molar-refractivity contribution in [1.82, 2.24) is 0 Å². The predicted octanol–water partition coefficient (Wildman–Crippen LogP) is 9.70. The zero-order valence-electron chi connectivity index (χ0n) is 23.8. The zero-order chi connectivity index (χ0) is 26.4. The fourth-order valence-corrected chi connectivity index (χ4v) is 10.7. The van der Waals surface area contributed by atoms with Crippen molar-refractivity contribution in [3.63, 3.8) is 0 Å². The second kappa shape index (κ2) is 21.6. The molecule has 0 atom stereocenters. The van der Waals surface area contributed by atoms with Gasteiger partial charge in [-0.25, -0.2) is 8.42 Å². The molecule has 0 N–H and O–H groups in total. The van der Waals surface area contributed by atoms with Crippen molar-refractivity contribution in [2.24, 2.45) is 0 Å². The molecule has 0 spiro atoms. The molecule has 0 bridgehead atoms. The van der Waals surface area contributed by atoms with Gasteiger partial charge in [0, 0.05) is 7.26 Å². The zero-order valence-corrected chi connectivity index (χ0v) is 25.5. The van der Waals surface area contributed by atoms with Crippen LogP contribution in [0.4, 0.5) is 0 Å². The molecule has 0 saturated carbocycles. The molecule has 35 heavy (non-hydrogen) atoms. The van der Waals surface area contributed by atoms with Crippen LogP contribution in [0.2, 0.25) is 0 Å². The first-order valence-corrected chi connectivity index (χ1v) is 18.6. The molecular formula is C30H57O3PS. The molecule has 5 heteroatoms. The topological polar surface area (TPSA) is 57.2 Å². The Kier molecular flexibility index (Phi) is 21.4. The molecular weight excluding hydrogens is 471 g/mol. The highest BCUT2D eigenvalue weighted by atomic mass is 32.2. The summed E-state index contributed by atoms with van der Waals surface area (Å²) in [5, 5.41) is 0. The molecule has 0 aliphatic heterocycles. The van der Waals surface area contributed by atoms with Gasteiger partial charge in [-0.2, -0.15) is 0 Å². The maximum Gasteiger partial charge on any atom is 0.124 e. The van der Waals surface area contributed by atoms with Crippen LogP contribution >= 0.6 is 7.26 Å². The fourth-order valence-electron chi connectivity index (χ4n) is 4.69. The lowest BCUT2D eigenvalue weighted by atomic mass is 10.1.